The summed E-state index contributed by atoms with van der Waals surface area (Å²) in [5.74, 6) is 0.652. The van der Waals surface area contributed by atoms with Crippen LogP contribution in [0.1, 0.15) is 19.4 Å². The van der Waals surface area contributed by atoms with Crippen molar-refractivity contribution in [1.29, 1.82) is 0 Å². The van der Waals surface area contributed by atoms with E-state index in [1.54, 1.807) is 0 Å². The summed E-state index contributed by atoms with van der Waals surface area (Å²) in [7, 11) is 0. The summed E-state index contributed by atoms with van der Waals surface area (Å²) in [5, 5.41) is 0.492. The number of halogens is 1. The van der Waals surface area contributed by atoms with E-state index < -0.39 is 0 Å². The van der Waals surface area contributed by atoms with Gasteiger partial charge < -0.3 is 0 Å². The minimum absolute atomic E-state index is 0.492. The van der Waals surface area contributed by atoms with E-state index in [4.69, 9.17) is 11.6 Å². The summed E-state index contributed by atoms with van der Waals surface area (Å²) in [6, 6.07) is 8.34. The number of hydrogen-bond acceptors (Lipinski definition) is 3. The van der Waals surface area contributed by atoms with Crippen LogP contribution in [0.4, 0.5) is 0 Å². The van der Waals surface area contributed by atoms with E-state index in [0.29, 0.717) is 11.1 Å². The second-order valence-electron chi connectivity index (χ2n) is 4.20. The number of benzene rings is 1. The van der Waals surface area contributed by atoms with Gasteiger partial charge in [0.05, 0.1) is 11.7 Å². The molecule has 0 unspecified atom stereocenters. The van der Waals surface area contributed by atoms with Crippen LogP contribution in [0.25, 0.3) is 11.3 Å². The lowest BCUT2D eigenvalue weighted by molar-refractivity contribution is 0.647. The van der Waals surface area contributed by atoms with Crippen molar-refractivity contribution in [3.63, 3.8) is 0 Å². The quantitative estimate of drug-likeness (QED) is 0.823. The summed E-state index contributed by atoms with van der Waals surface area (Å²) in [4.78, 5) is 0. The van der Waals surface area contributed by atoms with Crippen molar-refractivity contribution < 1.29 is 0 Å². The molecule has 0 atom stereocenters. The first kappa shape index (κ1) is 11.6. The molecule has 0 saturated heterocycles. The zero-order valence-corrected chi connectivity index (χ0v) is 10.8. The standard InChI is InChI=1S/C12H13ClN2S/c1-8(2)6-9-4-3-5-10(7-9)11-12(13)15-16-14-11/h3-5,7-8H,6H2,1-2H3. The van der Waals surface area contributed by atoms with Gasteiger partial charge in [0.1, 0.15) is 5.69 Å². The molecule has 0 aliphatic rings. The molecule has 16 heavy (non-hydrogen) atoms. The minimum Gasteiger partial charge on any atom is -0.171 e. The first-order valence-electron chi connectivity index (χ1n) is 5.24. The highest BCUT2D eigenvalue weighted by Gasteiger charge is 2.08. The third-order valence-electron chi connectivity index (χ3n) is 2.29. The van der Waals surface area contributed by atoms with E-state index in [1.807, 2.05) is 12.1 Å². The maximum atomic E-state index is 5.97. The lowest BCUT2D eigenvalue weighted by Gasteiger charge is -2.06. The van der Waals surface area contributed by atoms with E-state index >= 15 is 0 Å². The van der Waals surface area contributed by atoms with E-state index in [1.165, 1.54) is 5.56 Å². The average Bonchev–Trinajstić information content (AvgIpc) is 2.64. The summed E-state index contributed by atoms with van der Waals surface area (Å²) in [6.07, 6.45) is 1.07. The molecular formula is C12H13ClN2S. The van der Waals surface area contributed by atoms with Crippen LogP contribution in [0.3, 0.4) is 0 Å². The van der Waals surface area contributed by atoms with Crippen LogP contribution < -0.4 is 0 Å². The lowest BCUT2D eigenvalue weighted by atomic mass is 10.0. The molecule has 2 rings (SSSR count). The van der Waals surface area contributed by atoms with Crippen molar-refractivity contribution in [1.82, 2.24) is 8.75 Å². The Morgan fingerprint density at radius 3 is 2.75 bits per heavy atom. The van der Waals surface area contributed by atoms with Gasteiger partial charge in [-0.25, -0.2) is 0 Å². The van der Waals surface area contributed by atoms with Crippen LogP contribution in [-0.2, 0) is 6.42 Å². The molecule has 4 heteroatoms. The van der Waals surface area contributed by atoms with Gasteiger partial charge in [-0.3, -0.25) is 0 Å². The van der Waals surface area contributed by atoms with Crippen molar-refractivity contribution in [2.45, 2.75) is 20.3 Å². The third-order valence-corrected chi connectivity index (χ3v) is 3.19. The van der Waals surface area contributed by atoms with E-state index in [2.05, 4.69) is 34.7 Å². The van der Waals surface area contributed by atoms with Gasteiger partial charge in [0, 0.05) is 5.56 Å². The van der Waals surface area contributed by atoms with Crippen LogP contribution in [-0.4, -0.2) is 8.75 Å². The molecule has 0 aliphatic carbocycles. The lowest BCUT2D eigenvalue weighted by Crippen LogP contribution is -1.94. The maximum absolute atomic E-state index is 5.97. The molecule has 0 spiro atoms. The van der Waals surface area contributed by atoms with Gasteiger partial charge in [-0.05, 0) is 24.0 Å². The molecule has 0 N–H and O–H groups in total. The smallest absolute Gasteiger partial charge is 0.170 e. The molecule has 1 heterocycles. The molecule has 0 amide bonds. The summed E-state index contributed by atoms with van der Waals surface area (Å²) < 4.78 is 8.18. The first-order chi connectivity index (χ1) is 7.66. The first-order valence-corrected chi connectivity index (χ1v) is 6.35. The van der Waals surface area contributed by atoms with Crippen molar-refractivity contribution in [2.75, 3.05) is 0 Å². The summed E-state index contributed by atoms with van der Waals surface area (Å²) >= 11 is 7.12. The van der Waals surface area contributed by atoms with Gasteiger partial charge in [-0.1, -0.05) is 43.6 Å². The van der Waals surface area contributed by atoms with Gasteiger partial charge in [-0.15, -0.1) is 0 Å². The van der Waals surface area contributed by atoms with Gasteiger partial charge in [0.25, 0.3) is 0 Å². The predicted octanol–water partition coefficient (Wildman–Crippen LogP) is 4.06. The van der Waals surface area contributed by atoms with E-state index in [-0.39, 0.29) is 0 Å². The summed E-state index contributed by atoms with van der Waals surface area (Å²) in [6.45, 7) is 4.42. The Kier molecular flexibility index (Phi) is 3.56. The Bertz CT molecular complexity index is 479. The molecule has 84 valence electrons. The molecule has 0 fully saturated rings. The van der Waals surface area contributed by atoms with Crippen molar-refractivity contribution in [3.8, 4) is 11.3 Å². The van der Waals surface area contributed by atoms with Gasteiger partial charge >= 0.3 is 0 Å². The van der Waals surface area contributed by atoms with Gasteiger partial charge in [0.2, 0.25) is 0 Å². The fourth-order valence-corrected chi connectivity index (χ4v) is 2.43. The second-order valence-corrected chi connectivity index (χ2v) is 5.09. The van der Waals surface area contributed by atoms with Crippen LogP contribution >= 0.6 is 23.3 Å². The van der Waals surface area contributed by atoms with Crippen molar-refractivity contribution in [3.05, 3.63) is 35.0 Å². The zero-order chi connectivity index (χ0) is 11.5. The molecule has 1 aromatic carbocycles. The number of hydrogen-bond donors (Lipinski definition) is 0. The van der Waals surface area contributed by atoms with E-state index in [0.717, 1.165) is 29.4 Å². The van der Waals surface area contributed by atoms with Crippen molar-refractivity contribution in [2.24, 2.45) is 5.92 Å². The molecule has 2 nitrogen and oxygen atoms in total. The fourth-order valence-electron chi connectivity index (χ4n) is 1.67. The topological polar surface area (TPSA) is 25.8 Å². The molecule has 0 bridgehead atoms. The van der Waals surface area contributed by atoms with Crippen LogP contribution in [0.2, 0.25) is 5.15 Å². The average molecular weight is 253 g/mol. The molecule has 2 aromatic rings. The summed E-state index contributed by atoms with van der Waals surface area (Å²) in [5.41, 5.74) is 3.16. The normalized spacial score (nSPS) is 11.0. The zero-order valence-electron chi connectivity index (χ0n) is 9.27. The Morgan fingerprint density at radius 2 is 2.12 bits per heavy atom. The highest BCUT2D eigenvalue weighted by molar-refractivity contribution is 6.99. The van der Waals surface area contributed by atoms with Crippen LogP contribution in [0.15, 0.2) is 24.3 Å². The Balaban J connectivity index is 2.33. The molecular weight excluding hydrogens is 240 g/mol. The molecule has 0 aliphatic heterocycles. The number of rotatable bonds is 3. The van der Waals surface area contributed by atoms with Crippen molar-refractivity contribution >= 4 is 23.3 Å². The Labute approximate surface area is 105 Å². The molecule has 0 saturated carbocycles. The monoisotopic (exact) mass is 252 g/mol. The third kappa shape index (κ3) is 2.60. The highest BCUT2D eigenvalue weighted by atomic mass is 35.5. The number of nitrogens with zero attached hydrogens (tertiary/aromatic N) is 2. The SMILES string of the molecule is CC(C)Cc1cccc(-c2nsnc2Cl)c1. The Hall–Kier alpha value is -0.930. The fraction of sp³-hybridized carbons (Fsp3) is 0.333. The van der Waals surface area contributed by atoms with Crippen LogP contribution in [0, 0.1) is 5.92 Å². The highest BCUT2D eigenvalue weighted by Crippen LogP contribution is 2.26. The Morgan fingerprint density at radius 1 is 1.31 bits per heavy atom. The second kappa shape index (κ2) is 4.93. The molecule has 1 aromatic heterocycles. The van der Waals surface area contributed by atoms with E-state index in [9.17, 15) is 0 Å². The number of aromatic nitrogens is 2. The minimum atomic E-state index is 0.492. The molecule has 0 radical (unpaired) electrons. The largest absolute Gasteiger partial charge is 0.171 e. The van der Waals surface area contributed by atoms with Crippen LogP contribution in [0.5, 0.6) is 0 Å². The predicted molar refractivity (Wildman–Crippen MR) is 68.9 cm³/mol. The van der Waals surface area contributed by atoms with Gasteiger partial charge in [0.15, 0.2) is 5.15 Å². The maximum Gasteiger partial charge on any atom is 0.170 e. The van der Waals surface area contributed by atoms with Gasteiger partial charge in [-0.2, -0.15) is 8.75 Å².